The summed E-state index contributed by atoms with van der Waals surface area (Å²) in [4.78, 5) is 13.9. The van der Waals surface area contributed by atoms with Crippen LogP contribution in [0.2, 0.25) is 0 Å². The highest BCUT2D eigenvalue weighted by molar-refractivity contribution is 7.79. The normalized spacial score (nSPS) is 16.9. The van der Waals surface area contributed by atoms with Crippen molar-refractivity contribution in [3.63, 3.8) is 0 Å². The number of hydrogen-bond acceptors (Lipinski definition) is 8. The van der Waals surface area contributed by atoms with Gasteiger partial charge in [-0.1, -0.05) is 19.3 Å². The Labute approximate surface area is 186 Å². The van der Waals surface area contributed by atoms with Crippen molar-refractivity contribution in [3.05, 3.63) is 48.0 Å². The molecular formula is C21H27N6OS2+. The van der Waals surface area contributed by atoms with Crippen molar-refractivity contribution in [1.82, 2.24) is 24.5 Å². The number of quaternary nitrogens is 1. The number of thiazole rings is 1. The third-order valence-electron chi connectivity index (χ3n) is 5.31. The fourth-order valence-electron chi connectivity index (χ4n) is 3.84. The summed E-state index contributed by atoms with van der Waals surface area (Å²) >= 11 is 6.19. The van der Waals surface area contributed by atoms with Crippen LogP contribution in [0, 0.1) is 0 Å². The van der Waals surface area contributed by atoms with E-state index in [9.17, 15) is 5.21 Å². The van der Waals surface area contributed by atoms with Crippen molar-refractivity contribution in [1.29, 1.82) is 0 Å². The number of rotatable bonds is 7. The van der Waals surface area contributed by atoms with E-state index in [1.807, 2.05) is 31.3 Å². The molecule has 0 spiro atoms. The highest BCUT2D eigenvalue weighted by atomic mass is 32.1. The fourth-order valence-corrected chi connectivity index (χ4v) is 5.27. The van der Waals surface area contributed by atoms with Gasteiger partial charge in [0.1, 0.15) is 25.0 Å². The quantitative estimate of drug-likeness (QED) is 0.221. The van der Waals surface area contributed by atoms with Crippen LogP contribution in [-0.4, -0.2) is 26.7 Å². The van der Waals surface area contributed by atoms with E-state index in [1.54, 1.807) is 23.6 Å². The molecule has 1 saturated carbocycles. The standard InChI is InChI=1S/C21H27N6OS2/c1-2-25-27(28,29)18-12-16(26-20-10-11-22-14-24-20)8-9-17(18)19-13-23-21(30-19)15-6-4-3-5-7-15/h8-15,25,28-29H,2-7H2,1H3,(H,22,24,26)/q+1. The molecular weight excluding hydrogens is 416 g/mol. The first-order valence-electron chi connectivity index (χ1n) is 10.3. The van der Waals surface area contributed by atoms with Crippen molar-refractivity contribution in [2.75, 3.05) is 11.9 Å². The van der Waals surface area contributed by atoms with E-state index >= 15 is 0 Å². The third-order valence-corrected chi connectivity index (χ3v) is 6.86. The van der Waals surface area contributed by atoms with Gasteiger partial charge in [0.15, 0.2) is 0 Å². The van der Waals surface area contributed by atoms with Gasteiger partial charge in [-0.15, -0.1) is 16.8 Å². The molecule has 0 amide bonds. The lowest BCUT2D eigenvalue weighted by Crippen LogP contribution is -2.48. The Morgan fingerprint density at radius 2 is 2.03 bits per heavy atom. The van der Waals surface area contributed by atoms with Gasteiger partial charge in [-0.2, -0.15) is 5.21 Å². The van der Waals surface area contributed by atoms with Gasteiger partial charge in [0.05, 0.1) is 15.4 Å². The molecule has 30 heavy (non-hydrogen) atoms. The molecule has 1 atom stereocenters. The zero-order valence-corrected chi connectivity index (χ0v) is 18.7. The van der Waals surface area contributed by atoms with Crippen LogP contribution in [0.5, 0.6) is 0 Å². The van der Waals surface area contributed by atoms with E-state index < -0.39 is 4.16 Å². The van der Waals surface area contributed by atoms with Crippen LogP contribution in [0.3, 0.4) is 0 Å². The molecule has 158 valence electrons. The number of anilines is 2. The zero-order valence-electron chi connectivity index (χ0n) is 17.0. The molecule has 0 radical (unpaired) electrons. The van der Waals surface area contributed by atoms with Gasteiger partial charge in [0.25, 0.3) is 0 Å². The maximum Gasteiger partial charge on any atom is 0.208 e. The molecule has 1 aromatic carbocycles. The molecule has 0 aliphatic heterocycles. The Bertz CT molecular complexity index is 973. The average Bonchev–Trinajstić information content (AvgIpc) is 3.25. The smallest absolute Gasteiger partial charge is 0.208 e. The Morgan fingerprint density at radius 1 is 1.20 bits per heavy atom. The van der Waals surface area contributed by atoms with Crippen LogP contribution in [0.1, 0.15) is 50.0 Å². The number of thiol groups is 1. The Kier molecular flexibility index (Phi) is 6.64. The monoisotopic (exact) mass is 443 g/mol. The molecule has 3 aromatic rings. The fraction of sp³-hybridized carbons (Fsp3) is 0.381. The van der Waals surface area contributed by atoms with Gasteiger partial charge >= 0.3 is 0 Å². The Hall–Kier alpha value is -2.04. The van der Waals surface area contributed by atoms with Crippen molar-refractivity contribution in [3.8, 4) is 10.4 Å². The van der Waals surface area contributed by atoms with Crippen molar-refractivity contribution >= 4 is 41.3 Å². The summed E-state index contributed by atoms with van der Waals surface area (Å²) in [7, 11) is 0. The molecule has 2 heterocycles. The number of hydrogen-bond donors (Lipinski definition) is 4. The van der Waals surface area contributed by atoms with Crippen LogP contribution in [0.4, 0.5) is 17.2 Å². The predicted octanol–water partition coefficient (Wildman–Crippen LogP) is 5.46. The summed E-state index contributed by atoms with van der Waals surface area (Å²) in [5.41, 5.74) is 5.32. The molecule has 1 aliphatic carbocycles. The third kappa shape index (κ3) is 4.81. The molecule has 4 rings (SSSR count). The summed E-state index contributed by atoms with van der Waals surface area (Å²) in [6.07, 6.45) is 11.4. The Balaban J connectivity index is 1.69. The summed E-state index contributed by atoms with van der Waals surface area (Å²) in [5, 5.41) is 15.4. The van der Waals surface area contributed by atoms with Gasteiger partial charge in [0.2, 0.25) is 5.69 Å². The first kappa shape index (κ1) is 21.2. The molecule has 1 unspecified atom stereocenters. The summed E-state index contributed by atoms with van der Waals surface area (Å²) in [6, 6.07) is 7.64. The van der Waals surface area contributed by atoms with Crippen LogP contribution >= 0.6 is 24.2 Å². The molecule has 2 aromatic heterocycles. The van der Waals surface area contributed by atoms with Crippen LogP contribution in [0.25, 0.3) is 10.4 Å². The lowest BCUT2D eigenvalue weighted by Gasteiger charge is -2.24. The molecule has 7 nitrogen and oxygen atoms in total. The summed E-state index contributed by atoms with van der Waals surface area (Å²) in [5.74, 6) is 1.23. The molecule has 1 fully saturated rings. The van der Waals surface area contributed by atoms with Crippen molar-refractivity contribution < 1.29 is 5.21 Å². The summed E-state index contributed by atoms with van der Waals surface area (Å²) < 4.78 is -0.720. The second-order valence-corrected chi connectivity index (χ2v) is 9.10. The second kappa shape index (κ2) is 9.40. The van der Waals surface area contributed by atoms with Gasteiger partial charge in [-0.3, -0.25) is 0 Å². The molecule has 1 aliphatic rings. The van der Waals surface area contributed by atoms with Crippen LogP contribution in [0.15, 0.2) is 43.0 Å². The highest BCUT2D eigenvalue weighted by Crippen LogP contribution is 2.42. The van der Waals surface area contributed by atoms with E-state index in [0.29, 0.717) is 24.0 Å². The van der Waals surface area contributed by atoms with Gasteiger partial charge in [-0.05, 0) is 42.1 Å². The van der Waals surface area contributed by atoms with Crippen LogP contribution in [-0.2, 0) is 0 Å². The maximum atomic E-state index is 11.0. The lowest BCUT2D eigenvalue weighted by molar-refractivity contribution is -0.0185. The molecule has 9 heteroatoms. The van der Waals surface area contributed by atoms with Gasteiger partial charge in [0, 0.05) is 36.6 Å². The SMILES string of the molecule is CCN[N+](O)(S)c1cc(Nc2ccncn2)ccc1-c1cnc(C2CCCCC2)s1. The van der Waals surface area contributed by atoms with Crippen LogP contribution < -0.4 is 14.9 Å². The predicted molar refractivity (Wildman–Crippen MR) is 125 cm³/mol. The minimum Gasteiger partial charge on any atom is -0.340 e. The minimum absolute atomic E-state index is 0.554. The first-order chi connectivity index (χ1) is 14.6. The number of nitrogens with zero attached hydrogens (tertiary/aromatic N) is 4. The number of nitrogens with one attached hydrogen (secondary N) is 2. The number of aromatic nitrogens is 3. The van der Waals surface area contributed by atoms with E-state index in [-0.39, 0.29) is 0 Å². The lowest BCUT2D eigenvalue weighted by atomic mass is 9.90. The van der Waals surface area contributed by atoms with E-state index in [4.69, 9.17) is 4.98 Å². The van der Waals surface area contributed by atoms with Gasteiger partial charge < -0.3 is 5.32 Å². The first-order valence-corrected chi connectivity index (χ1v) is 11.5. The molecule has 0 bridgehead atoms. The molecule has 0 saturated heterocycles. The topological polar surface area (TPSA) is 83.0 Å². The number of benzene rings is 1. The molecule has 3 N–H and O–H groups in total. The van der Waals surface area contributed by atoms with E-state index in [1.165, 1.54) is 43.4 Å². The Morgan fingerprint density at radius 3 is 2.77 bits per heavy atom. The highest BCUT2D eigenvalue weighted by Gasteiger charge is 2.31. The summed E-state index contributed by atoms with van der Waals surface area (Å²) in [6.45, 7) is 2.48. The van der Waals surface area contributed by atoms with E-state index in [2.05, 4.69) is 33.5 Å². The minimum atomic E-state index is -0.720. The largest absolute Gasteiger partial charge is 0.340 e. The van der Waals surface area contributed by atoms with Gasteiger partial charge in [-0.25, -0.2) is 15.0 Å². The second-order valence-electron chi connectivity index (χ2n) is 7.46. The maximum absolute atomic E-state index is 11.0. The van der Waals surface area contributed by atoms with E-state index in [0.717, 1.165) is 16.1 Å². The van der Waals surface area contributed by atoms with Crippen molar-refractivity contribution in [2.45, 2.75) is 44.9 Å². The average molecular weight is 444 g/mol. The zero-order chi connectivity index (χ0) is 21.0. The van der Waals surface area contributed by atoms with Crippen molar-refractivity contribution in [2.24, 2.45) is 0 Å².